The molecule has 0 heterocycles. The zero-order valence-corrected chi connectivity index (χ0v) is 11.8. The van der Waals surface area contributed by atoms with Crippen molar-refractivity contribution in [2.75, 3.05) is 13.2 Å². The van der Waals surface area contributed by atoms with Crippen molar-refractivity contribution < 1.29 is 23.0 Å². The number of aryl methyl sites for hydroxylation is 2. The number of hydrogen-bond acceptors (Lipinski definition) is 2. The molecule has 0 aliphatic rings. The topological polar surface area (TPSA) is 29.5 Å². The van der Waals surface area contributed by atoms with Crippen LogP contribution in [-0.2, 0) is 17.6 Å². The van der Waals surface area contributed by atoms with E-state index in [0.717, 1.165) is 18.4 Å². The molecule has 1 aromatic rings. The van der Waals surface area contributed by atoms with Gasteiger partial charge < -0.3 is 9.84 Å². The molecular weight excluding hydrogens is 269 g/mol. The molecule has 0 aliphatic carbocycles. The van der Waals surface area contributed by atoms with Crippen molar-refractivity contribution in [3.05, 3.63) is 34.9 Å². The maximum atomic E-state index is 11.9. The maximum absolute atomic E-state index is 11.9. The van der Waals surface area contributed by atoms with Gasteiger partial charge in [-0.2, -0.15) is 13.2 Å². The molecular formula is C15H21F3O2. The molecule has 1 N–H and O–H groups in total. The Morgan fingerprint density at radius 1 is 1.15 bits per heavy atom. The summed E-state index contributed by atoms with van der Waals surface area (Å²) >= 11 is 0. The van der Waals surface area contributed by atoms with Crippen molar-refractivity contribution in [3.63, 3.8) is 0 Å². The Morgan fingerprint density at radius 3 is 2.35 bits per heavy atom. The maximum Gasteiger partial charge on any atom is 0.411 e. The number of benzene rings is 1. The van der Waals surface area contributed by atoms with Gasteiger partial charge in [-0.25, -0.2) is 0 Å². The van der Waals surface area contributed by atoms with E-state index in [2.05, 4.69) is 11.7 Å². The van der Waals surface area contributed by atoms with Crippen LogP contribution in [0.2, 0.25) is 0 Å². The van der Waals surface area contributed by atoms with Gasteiger partial charge in [0.05, 0.1) is 6.10 Å². The summed E-state index contributed by atoms with van der Waals surface area (Å²) in [5.74, 6) is 0. The van der Waals surface area contributed by atoms with Crippen molar-refractivity contribution in [2.24, 2.45) is 0 Å². The van der Waals surface area contributed by atoms with E-state index < -0.39 is 18.9 Å². The molecule has 1 rings (SSSR count). The largest absolute Gasteiger partial charge is 0.411 e. The van der Waals surface area contributed by atoms with E-state index in [-0.39, 0.29) is 13.0 Å². The standard InChI is InChI=1S/C15H21F3O2/c1-3-11-5-6-13(9-12(11)4-2)14(19)7-8-20-10-15(16,17)18/h5-6,9,14,19H,3-4,7-8,10H2,1-2H3. The molecule has 114 valence electrons. The van der Waals surface area contributed by atoms with Crippen LogP contribution in [0.3, 0.4) is 0 Å². The molecule has 0 saturated heterocycles. The number of aliphatic hydroxyl groups is 1. The van der Waals surface area contributed by atoms with E-state index in [0.29, 0.717) is 0 Å². The fourth-order valence-corrected chi connectivity index (χ4v) is 2.08. The molecule has 1 unspecified atom stereocenters. The highest BCUT2D eigenvalue weighted by Gasteiger charge is 2.27. The Balaban J connectivity index is 2.53. The normalized spacial score (nSPS) is 13.5. The summed E-state index contributed by atoms with van der Waals surface area (Å²) in [6.45, 7) is 2.72. The lowest BCUT2D eigenvalue weighted by atomic mass is 9.97. The lowest BCUT2D eigenvalue weighted by Gasteiger charge is -2.15. The number of ether oxygens (including phenoxy) is 1. The lowest BCUT2D eigenvalue weighted by Crippen LogP contribution is -2.18. The Morgan fingerprint density at radius 2 is 1.80 bits per heavy atom. The van der Waals surface area contributed by atoms with E-state index >= 15 is 0 Å². The second-order valence-corrected chi connectivity index (χ2v) is 4.71. The van der Waals surface area contributed by atoms with Gasteiger partial charge in [-0.1, -0.05) is 32.0 Å². The van der Waals surface area contributed by atoms with Gasteiger partial charge in [-0.15, -0.1) is 0 Å². The van der Waals surface area contributed by atoms with Gasteiger partial charge in [0.15, 0.2) is 0 Å². The van der Waals surface area contributed by atoms with E-state index in [9.17, 15) is 18.3 Å². The summed E-state index contributed by atoms with van der Waals surface area (Å²) < 4.78 is 40.2. The Labute approximate surface area is 117 Å². The molecule has 1 aromatic carbocycles. The molecule has 0 saturated carbocycles. The van der Waals surface area contributed by atoms with Crippen LogP contribution in [-0.4, -0.2) is 24.5 Å². The van der Waals surface area contributed by atoms with Gasteiger partial charge in [-0.3, -0.25) is 0 Å². The number of rotatable bonds is 7. The van der Waals surface area contributed by atoms with Gasteiger partial charge in [0.2, 0.25) is 0 Å². The lowest BCUT2D eigenvalue weighted by molar-refractivity contribution is -0.175. The third-order valence-electron chi connectivity index (χ3n) is 3.18. The average Bonchev–Trinajstić information content (AvgIpc) is 2.41. The van der Waals surface area contributed by atoms with Crippen molar-refractivity contribution in [3.8, 4) is 0 Å². The Hall–Kier alpha value is -1.07. The van der Waals surface area contributed by atoms with Gasteiger partial charge in [0.1, 0.15) is 6.61 Å². The van der Waals surface area contributed by atoms with Crippen LogP contribution < -0.4 is 0 Å². The first-order chi connectivity index (χ1) is 9.37. The number of alkyl halides is 3. The Bertz CT molecular complexity index is 416. The minimum atomic E-state index is -4.32. The molecule has 0 radical (unpaired) electrons. The first kappa shape index (κ1) is 17.0. The summed E-state index contributed by atoms with van der Waals surface area (Å²) in [7, 11) is 0. The highest BCUT2D eigenvalue weighted by atomic mass is 19.4. The van der Waals surface area contributed by atoms with E-state index in [4.69, 9.17) is 0 Å². The van der Waals surface area contributed by atoms with Gasteiger partial charge in [0.25, 0.3) is 0 Å². The molecule has 0 aliphatic heterocycles. The molecule has 0 fully saturated rings. The van der Waals surface area contributed by atoms with Crippen LogP contribution in [0.15, 0.2) is 18.2 Å². The minimum Gasteiger partial charge on any atom is -0.388 e. The van der Waals surface area contributed by atoms with Gasteiger partial charge >= 0.3 is 6.18 Å². The monoisotopic (exact) mass is 290 g/mol. The van der Waals surface area contributed by atoms with Crippen LogP contribution in [0, 0.1) is 0 Å². The predicted octanol–water partition coefficient (Wildman–Crippen LogP) is 3.81. The number of aliphatic hydroxyl groups excluding tert-OH is 1. The number of hydrogen-bond donors (Lipinski definition) is 1. The zero-order chi connectivity index (χ0) is 15.2. The predicted molar refractivity (Wildman–Crippen MR) is 71.6 cm³/mol. The second-order valence-electron chi connectivity index (χ2n) is 4.71. The fourth-order valence-electron chi connectivity index (χ4n) is 2.08. The SMILES string of the molecule is CCc1ccc(C(O)CCOCC(F)(F)F)cc1CC. The highest BCUT2D eigenvalue weighted by molar-refractivity contribution is 5.33. The highest BCUT2D eigenvalue weighted by Crippen LogP contribution is 2.22. The van der Waals surface area contributed by atoms with Crippen LogP contribution >= 0.6 is 0 Å². The summed E-state index contributed by atoms with van der Waals surface area (Å²) in [6.07, 6.45) is -3.16. The van der Waals surface area contributed by atoms with Gasteiger partial charge in [0, 0.05) is 13.0 Å². The van der Waals surface area contributed by atoms with Crippen LogP contribution in [0.1, 0.15) is 43.1 Å². The summed E-state index contributed by atoms with van der Waals surface area (Å²) in [6, 6.07) is 5.72. The van der Waals surface area contributed by atoms with Crippen LogP contribution in [0.5, 0.6) is 0 Å². The molecule has 0 bridgehead atoms. The molecule has 0 spiro atoms. The summed E-state index contributed by atoms with van der Waals surface area (Å²) in [5, 5.41) is 9.97. The van der Waals surface area contributed by atoms with Crippen LogP contribution in [0.4, 0.5) is 13.2 Å². The van der Waals surface area contributed by atoms with Crippen molar-refractivity contribution >= 4 is 0 Å². The van der Waals surface area contributed by atoms with Crippen LogP contribution in [0.25, 0.3) is 0 Å². The van der Waals surface area contributed by atoms with Crippen molar-refractivity contribution in [2.45, 2.75) is 45.4 Å². The smallest absolute Gasteiger partial charge is 0.388 e. The number of halogens is 3. The third kappa shape index (κ3) is 5.51. The minimum absolute atomic E-state index is 0.113. The quantitative estimate of drug-likeness (QED) is 0.774. The first-order valence-corrected chi connectivity index (χ1v) is 6.81. The van der Waals surface area contributed by atoms with E-state index in [1.807, 2.05) is 25.1 Å². The van der Waals surface area contributed by atoms with E-state index in [1.54, 1.807) is 0 Å². The molecule has 5 heteroatoms. The third-order valence-corrected chi connectivity index (χ3v) is 3.18. The summed E-state index contributed by atoms with van der Waals surface area (Å²) in [5.41, 5.74) is 3.13. The first-order valence-electron chi connectivity index (χ1n) is 6.81. The molecule has 0 amide bonds. The molecule has 2 nitrogen and oxygen atoms in total. The molecule has 0 aromatic heterocycles. The Kier molecular flexibility index (Phi) is 6.49. The van der Waals surface area contributed by atoms with Crippen molar-refractivity contribution in [1.29, 1.82) is 0 Å². The molecule has 1 atom stereocenters. The molecule has 20 heavy (non-hydrogen) atoms. The zero-order valence-electron chi connectivity index (χ0n) is 11.8. The average molecular weight is 290 g/mol. The second kappa shape index (κ2) is 7.64. The van der Waals surface area contributed by atoms with Crippen molar-refractivity contribution in [1.82, 2.24) is 0 Å². The fraction of sp³-hybridized carbons (Fsp3) is 0.600. The van der Waals surface area contributed by atoms with Gasteiger partial charge in [-0.05, 0) is 29.5 Å². The van der Waals surface area contributed by atoms with E-state index in [1.165, 1.54) is 11.1 Å². The summed E-state index contributed by atoms with van der Waals surface area (Å²) in [4.78, 5) is 0.